The first kappa shape index (κ1) is 19.2. The molecule has 7 heteroatoms. The number of hydrogen-bond donors (Lipinski definition) is 3. The van der Waals surface area contributed by atoms with E-state index in [0.29, 0.717) is 37.5 Å². The Labute approximate surface area is 173 Å². The summed E-state index contributed by atoms with van der Waals surface area (Å²) in [6.45, 7) is 1.07. The van der Waals surface area contributed by atoms with Gasteiger partial charge in [0.2, 0.25) is 0 Å². The second-order valence-electron chi connectivity index (χ2n) is 8.03. The molecule has 1 spiro atoms. The van der Waals surface area contributed by atoms with Crippen LogP contribution in [0.25, 0.3) is 0 Å². The number of aliphatic hydroxyl groups is 3. The van der Waals surface area contributed by atoms with Crippen LogP contribution in [-0.2, 0) is 11.2 Å². The van der Waals surface area contributed by atoms with Gasteiger partial charge in [-0.25, -0.2) is 0 Å². The molecule has 0 aromatic heterocycles. The number of hydrogen-bond acceptors (Lipinski definition) is 6. The molecule has 4 atom stereocenters. The second kappa shape index (κ2) is 7.15. The van der Waals surface area contributed by atoms with Gasteiger partial charge in [0, 0.05) is 5.02 Å². The van der Waals surface area contributed by atoms with E-state index in [9.17, 15) is 15.3 Å². The van der Waals surface area contributed by atoms with Crippen molar-refractivity contribution in [1.82, 2.24) is 0 Å². The van der Waals surface area contributed by atoms with E-state index in [1.54, 1.807) is 12.1 Å². The van der Waals surface area contributed by atoms with Crippen LogP contribution in [0.2, 0.25) is 5.02 Å². The van der Waals surface area contributed by atoms with E-state index in [2.05, 4.69) is 0 Å². The van der Waals surface area contributed by atoms with E-state index in [1.165, 1.54) is 0 Å². The zero-order valence-electron chi connectivity index (χ0n) is 15.8. The Bertz CT molecular complexity index is 928. The Morgan fingerprint density at radius 1 is 0.931 bits per heavy atom. The Morgan fingerprint density at radius 3 is 2.45 bits per heavy atom. The van der Waals surface area contributed by atoms with Crippen LogP contribution in [0, 0.1) is 0 Å². The van der Waals surface area contributed by atoms with Crippen LogP contribution in [0.4, 0.5) is 0 Å². The van der Waals surface area contributed by atoms with Crippen molar-refractivity contribution < 1.29 is 29.5 Å². The molecule has 0 bridgehead atoms. The summed E-state index contributed by atoms with van der Waals surface area (Å²) in [6, 6.07) is 11.3. The number of fused-ring (bicyclic) bond motifs is 1. The SMILES string of the molecule is O[C@@H]1[C@@H](O)[C@H](O)C2(CC2)O[C@H]1c1ccc(Cl)c(Cc2ccc3c(c2)OCCO3)c1. The van der Waals surface area contributed by atoms with E-state index in [-0.39, 0.29) is 0 Å². The molecule has 1 saturated carbocycles. The lowest BCUT2D eigenvalue weighted by Gasteiger charge is -2.41. The minimum atomic E-state index is -1.24. The second-order valence-corrected chi connectivity index (χ2v) is 8.44. The van der Waals surface area contributed by atoms with Crippen LogP contribution in [0.5, 0.6) is 11.5 Å². The van der Waals surface area contributed by atoms with Gasteiger partial charge in [-0.1, -0.05) is 29.8 Å². The summed E-state index contributed by atoms with van der Waals surface area (Å²) in [5, 5.41) is 31.6. The molecular formula is C22H23ClO6. The largest absolute Gasteiger partial charge is 0.486 e. The molecule has 1 aliphatic carbocycles. The fourth-order valence-electron chi connectivity index (χ4n) is 4.20. The molecule has 2 heterocycles. The van der Waals surface area contributed by atoms with Gasteiger partial charge in [-0.2, -0.15) is 0 Å². The van der Waals surface area contributed by atoms with Crippen molar-refractivity contribution in [3.8, 4) is 11.5 Å². The lowest BCUT2D eigenvalue weighted by Crippen LogP contribution is -2.55. The van der Waals surface area contributed by atoms with Crippen LogP contribution in [0.3, 0.4) is 0 Å². The highest BCUT2D eigenvalue weighted by molar-refractivity contribution is 6.31. The molecule has 2 aliphatic heterocycles. The fraction of sp³-hybridized carbons (Fsp3) is 0.455. The molecule has 5 rings (SSSR count). The Balaban J connectivity index is 1.42. The molecule has 2 aromatic carbocycles. The molecule has 3 aliphatic rings. The van der Waals surface area contributed by atoms with Gasteiger partial charge in [0.1, 0.15) is 37.6 Å². The highest BCUT2D eigenvalue weighted by Gasteiger charge is 2.60. The van der Waals surface area contributed by atoms with E-state index >= 15 is 0 Å². The Hall–Kier alpha value is -1.83. The number of benzene rings is 2. The van der Waals surface area contributed by atoms with Crippen molar-refractivity contribution in [2.75, 3.05) is 13.2 Å². The summed E-state index contributed by atoms with van der Waals surface area (Å²) in [5.41, 5.74) is 1.88. The number of rotatable bonds is 3. The topological polar surface area (TPSA) is 88.4 Å². The van der Waals surface area contributed by atoms with Crippen LogP contribution >= 0.6 is 11.6 Å². The normalized spacial score (nSPS) is 29.7. The van der Waals surface area contributed by atoms with Gasteiger partial charge in [0.15, 0.2) is 11.5 Å². The molecule has 6 nitrogen and oxygen atoms in total. The molecular weight excluding hydrogens is 396 g/mol. The first-order valence-electron chi connectivity index (χ1n) is 9.86. The van der Waals surface area contributed by atoms with E-state index in [4.69, 9.17) is 25.8 Å². The molecule has 0 radical (unpaired) electrons. The number of ether oxygens (including phenoxy) is 3. The third-order valence-electron chi connectivity index (χ3n) is 6.03. The Kier molecular flexibility index (Phi) is 4.72. The minimum absolute atomic E-state index is 0.527. The van der Waals surface area contributed by atoms with Crippen molar-refractivity contribution >= 4 is 11.6 Å². The molecule has 154 valence electrons. The van der Waals surface area contributed by atoms with Crippen LogP contribution in [0.15, 0.2) is 36.4 Å². The van der Waals surface area contributed by atoms with Gasteiger partial charge in [0.25, 0.3) is 0 Å². The van der Waals surface area contributed by atoms with Crippen molar-refractivity contribution in [3.63, 3.8) is 0 Å². The van der Waals surface area contributed by atoms with Gasteiger partial charge in [0.05, 0.1) is 5.60 Å². The van der Waals surface area contributed by atoms with E-state index < -0.39 is 30.0 Å². The molecule has 29 heavy (non-hydrogen) atoms. The average molecular weight is 419 g/mol. The van der Waals surface area contributed by atoms with E-state index in [0.717, 1.165) is 28.2 Å². The van der Waals surface area contributed by atoms with Crippen molar-refractivity contribution in [2.24, 2.45) is 0 Å². The summed E-state index contributed by atoms with van der Waals surface area (Å²) in [7, 11) is 0. The standard InChI is InChI=1S/C22H23ClO6/c23-15-3-2-13(20-18(24)19(25)21(26)22(29-20)5-6-22)11-14(15)9-12-1-4-16-17(10-12)28-8-7-27-16/h1-4,10-11,18-21,24-26H,5-9H2/t18-,19-,20+,21+/m1/s1. The molecule has 3 N–H and O–H groups in total. The van der Waals surface area contributed by atoms with Crippen LogP contribution in [-0.4, -0.2) is 52.4 Å². The smallest absolute Gasteiger partial charge is 0.161 e. The summed E-state index contributed by atoms with van der Waals surface area (Å²) < 4.78 is 17.3. The van der Waals surface area contributed by atoms with Gasteiger partial charge < -0.3 is 29.5 Å². The van der Waals surface area contributed by atoms with Crippen molar-refractivity contribution in [1.29, 1.82) is 0 Å². The van der Waals surface area contributed by atoms with E-state index in [1.807, 2.05) is 24.3 Å². The lowest BCUT2D eigenvalue weighted by molar-refractivity contribution is -0.236. The fourth-order valence-corrected chi connectivity index (χ4v) is 4.38. The van der Waals surface area contributed by atoms with Gasteiger partial charge >= 0.3 is 0 Å². The lowest BCUT2D eigenvalue weighted by atomic mass is 9.89. The average Bonchev–Trinajstić information content (AvgIpc) is 3.52. The summed E-state index contributed by atoms with van der Waals surface area (Å²) in [4.78, 5) is 0. The van der Waals surface area contributed by atoms with Crippen molar-refractivity contribution in [3.05, 3.63) is 58.1 Å². The predicted molar refractivity (Wildman–Crippen MR) is 106 cm³/mol. The highest BCUT2D eigenvalue weighted by Crippen LogP contribution is 2.52. The third kappa shape index (κ3) is 3.39. The molecule has 2 aromatic rings. The maximum atomic E-state index is 10.5. The summed E-state index contributed by atoms with van der Waals surface area (Å²) in [5.74, 6) is 1.46. The molecule has 0 amide bonds. The third-order valence-corrected chi connectivity index (χ3v) is 6.40. The maximum Gasteiger partial charge on any atom is 0.161 e. The zero-order valence-corrected chi connectivity index (χ0v) is 16.5. The van der Waals surface area contributed by atoms with Gasteiger partial charge in [-0.05, 0) is 54.2 Å². The zero-order chi connectivity index (χ0) is 20.2. The predicted octanol–water partition coefficient (Wildman–Crippen LogP) is 2.39. The van der Waals surface area contributed by atoms with Crippen LogP contribution in [0.1, 0.15) is 35.6 Å². The number of aliphatic hydroxyl groups excluding tert-OH is 3. The summed E-state index contributed by atoms with van der Waals surface area (Å²) in [6.07, 6.45) is -2.32. The Morgan fingerprint density at radius 2 is 1.69 bits per heavy atom. The monoisotopic (exact) mass is 418 g/mol. The first-order valence-corrected chi connectivity index (χ1v) is 10.2. The molecule has 2 fully saturated rings. The number of halogens is 1. The quantitative estimate of drug-likeness (QED) is 0.709. The van der Waals surface area contributed by atoms with Gasteiger partial charge in [-0.3, -0.25) is 0 Å². The minimum Gasteiger partial charge on any atom is -0.486 e. The maximum absolute atomic E-state index is 10.5. The molecule has 1 saturated heterocycles. The molecule has 0 unspecified atom stereocenters. The highest BCUT2D eigenvalue weighted by atomic mass is 35.5. The summed E-state index contributed by atoms with van der Waals surface area (Å²) >= 11 is 6.44. The van der Waals surface area contributed by atoms with Gasteiger partial charge in [-0.15, -0.1) is 0 Å². The first-order chi connectivity index (χ1) is 14.0. The van der Waals surface area contributed by atoms with Crippen molar-refractivity contribution in [2.45, 2.75) is 49.3 Å². The van der Waals surface area contributed by atoms with Crippen LogP contribution < -0.4 is 9.47 Å².